The van der Waals surface area contributed by atoms with Crippen molar-refractivity contribution in [2.45, 2.75) is 12.8 Å². The molecule has 0 unspecified atom stereocenters. The van der Waals surface area contributed by atoms with Crippen LogP contribution in [0.2, 0.25) is 0 Å². The average molecular weight is 558 g/mol. The Hall–Kier alpha value is -5.17. The molecular weight excluding hydrogens is 526 g/mol. The summed E-state index contributed by atoms with van der Waals surface area (Å²) in [7, 11) is 3.23. The van der Waals surface area contributed by atoms with Gasteiger partial charge in [0.15, 0.2) is 11.5 Å². The molecule has 42 heavy (non-hydrogen) atoms. The molecule has 1 aromatic heterocycles. The molecule has 2 amide bonds. The van der Waals surface area contributed by atoms with E-state index in [1.54, 1.807) is 14.2 Å². The van der Waals surface area contributed by atoms with Crippen molar-refractivity contribution < 1.29 is 19.1 Å². The zero-order valence-electron chi connectivity index (χ0n) is 23.6. The number of carbonyl (C=O) groups is 2. The third kappa shape index (κ3) is 5.29. The van der Waals surface area contributed by atoms with Gasteiger partial charge >= 0.3 is 0 Å². The van der Waals surface area contributed by atoms with Gasteiger partial charge in [0.05, 0.1) is 31.0 Å². The minimum Gasteiger partial charge on any atom is -0.493 e. The van der Waals surface area contributed by atoms with E-state index in [0.717, 1.165) is 50.5 Å². The maximum absolute atomic E-state index is 13.6. The molecule has 0 atom stereocenters. The van der Waals surface area contributed by atoms with Crippen molar-refractivity contribution in [3.05, 3.63) is 113 Å². The highest BCUT2D eigenvalue weighted by Gasteiger charge is 2.26. The third-order valence-electron chi connectivity index (χ3n) is 7.63. The summed E-state index contributed by atoms with van der Waals surface area (Å²) in [6.45, 7) is 0.616. The van der Waals surface area contributed by atoms with Gasteiger partial charge in [0.1, 0.15) is 0 Å². The number of amides is 2. The standard InChI is InChI=1S/C35H31N3O4/c1-41-30-16-11-22(20-31(30)42-2)19-25-14-15-28-32(27-9-5-6-10-29(27)38-33(25)28)35(40)37-18-17-36-34(39)26-13-12-23-7-3-4-8-24(23)21-26/h3-13,16,19-21H,14-15,17-18H2,1-2H3,(H,36,39)(H,37,40)/b25-19+. The largest absolute Gasteiger partial charge is 0.493 e. The fourth-order valence-corrected chi connectivity index (χ4v) is 5.56. The molecule has 7 nitrogen and oxygen atoms in total. The van der Waals surface area contributed by atoms with Crippen molar-refractivity contribution in [3.63, 3.8) is 0 Å². The number of hydrogen-bond acceptors (Lipinski definition) is 5. The molecule has 0 fully saturated rings. The highest BCUT2D eigenvalue weighted by molar-refractivity contribution is 6.09. The number of nitrogens with one attached hydrogen (secondary N) is 2. The van der Waals surface area contributed by atoms with E-state index in [1.807, 2.05) is 84.9 Å². The molecule has 210 valence electrons. The Morgan fingerprint density at radius 3 is 2.33 bits per heavy atom. The van der Waals surface area contributed by atoms with Crippen molar-refractivity contribution >= 4 is 45.1 Å². The number of ether oxygens (including phenoxy) is 2. The fourth-order valence-electron chi connectivity index (χ4n) is 5.56. The number of allylic oxidation sites excluding steroid dienone is 1. The quantitative estimate of drug-likeness (QED) is 0.227. The summed E-state index contributed by atoms with van der Waals surface area (Å²) in [5.74, 6) is 0.986. The van der Waals surface area contributed by atoms with Crippen molar-refractivity contribution in [2.75, 3.05) is 27.3 Å². The van der Waals surface area contributed by atoms with Crippen LogP contribution < -0.4 is 20.1 Å². The fraction of sp³-hybridized carbons (Fsp3) is 0.171. The molecular formula is C35H31N3O4. The molecule has 4 aromatic carbocycles. The first-order chi connectivity index (χ1) is 20.6. The van der Waals surface area contributed by atoms with E-state index in [1.165, 1.54) is 0 Å². The first-order valence-corrected chi connectivity index (χ1v) is 14.0. The van der Waals surface area contributed by atoms with Gasteiger partial charge in [-0.3, -0.25) is 9.59 Å². The Morgan fingerprint density at radius 1 is 0.786 bits per heavy atom. The Kier molecular flexibility index (Phi) is 7.56. The van der Waals surface area contributed by atoms with Crippen molar-refractivity contribution in [3.8, 4) is 11.5 Å². The summed E-state index contributed by atoms with van der Waals surface area (Å²) in [5, 5.41) is 8.85. The minimum atomic E-state index is -0.171. The normalized spacial score (nSPS) is 13.2. The molecule has 0 saturated carbocycles. The second-order valence-electron chi connectivity index (χ2n) is 10.2. The summed E-state index contributed by atoms with van der Waals surface area (Å²) in [6, 6.07) is 27.1. The van der Waals surface area contributed by atoms with Gasteiger partial charge in [-0.15, -0.1) is 0 Å². The van der Waals surface area contributed by atoms with Crippen LogP contribution in [-0.4, -0.2) is 44.1 Å². The van der Waals surface area contributed by atoms with Gasteiger partial charge in [0.2, 0.25) is 0 Å². The van der Waals surface area contributed by atoms with Gasteiger partial charge in [0.25, 0.3) is 11.8 Å². The van der Waals surface area contributed by atoms with E-state index in [2.05, 4.69) is 16.7 Å². The number of carbonyl (C=O) groups excluding carboxylic acids is 2. The molecule has 6 rings (SSSR count). The highest BCUT2D eigenvalue weighted by Crippen LogP contribution is 2.38. The molecule has 0 aliphatic heterocycles. The Morgan fingerprint density at radius 2 is 1.52 bits per heavy atom. The summed E-state index contributed by atoms with van der Waals surface area (Å²) < 4.78 is 10.8. The summed E-state index contributed by atoms with van der Waals surface area (Å²) in [5.41, 5.74) is 5.83. The van der Waals surface area contributed by atoms with Crippen molar-refractivity contribution in [1.82, 2.24) is 15.6 Å². The smallest absolute Gasteiger partial charge is 0.252 e. The maximum atomic E-state index is 13.6. The lowest BCUT2D eigenvalue weighted by Crippen LogP contribution is -2.35. The molecule has 0 bridgehead atoms. The van der Waals surface area contributed by atoms with Crippen LogP contribution in [0.1, 0.15) is 44.0 Å². The highest BCUT2D eigenvalue weighted by atomic mass is 16.5. The predicted octanol–water partition coefficient (Wildman–Crippen LogP) is 6.05. The second kappa shape index (κ2) is 11.7. The summed E-state index contributed by atoms with van der Waals surface area (Å²) in [4.78, 5) is 31.3. The van der Waals surface area contributed by atoms with E-state index < -0.39 is 0 Å². The predicted molar refractivity (Wildman–Crippen MR) is 166 cm³/mol. The number of benzene rings is 4. The lowest BCUT2D eigenvalue weighted by atomic mass is 10.00. The Bertz CT molecular complexity index is 1860. The molecule has 0 radical (unpaired) electrons. The van der Waals surface area contributed by atoms with E-state index in [-0.39, 0.29) is 11.8 Å². The number of fused-ring (bicyclic) bond motifs is 3. The zero-order valence-corrected chi connectivity index (χ0v) is 23.6. The van der Waals surface area contributed by atoms with E-state index >= 15 is 0 Å². The number of para-hydroxylation sites is 1. The van der Waals surface area contributed by atoms with E-state index in [0.29, 0.717) is 42.1 Å². The van der Waals surface area contributed by atoms with Crippen LogP contribution in [-0.2, 0) is 6.42 Å². The van der Waals surface area contributed by atoms with Gasteiger partial charge in [-0.2, -0.15) is 0 Å². The van der Waals surface area contributed by atoms with Crippen LogP contribution in [0.15, 0.2) is 84.9 Å². The molecule has 0 spiro atoms. The summed E-state index contributed by atoms with van der Waals surface area (Å²) >= 11 is 0. The third-order valence-corrected chi connectivity index (χ3v) is 7.63. The summed E-state index contributed by atoms with van der Waals surface area (Å²) in [6.07, 6.45) is 3.59. The Balaban J connectivity index is 1.20. The maximum Gasteiger partial charge on any atom is 0.252 e. The van der Waals surface area contributed by atoms with Crippen molar-refractivity contribution in [2.24, 2.45) is 0 Å². The molecule has 2 N–H and O–H groups in total. The molecule has 1 aliphatic rings. The average Bonchev–Trinajstić information content (AvgIpc) is 3.42. The van der Waals surface area contributed by atoms with Gasteiger partial charge in [-0.1, -0.05) is 54.6 Å². The Labute approximate surface area is 244 Å². The number of nitrogens with zero attached hydrogens (tertiary/aromatic N) is 1. The SMILES string of the molecule is COc1ccc(/C=C2\CCc3c2nc2ccccc2c3C(=O)NCCNC(=O)c2ccc3ccccc3c2)cc1OC. The number of aromatic nitrogens is 1. The monoisotopic (exact) mass is 557 g/mol. The molecule has 1 aliphatic carbocycles. The zero-order chi connectivity index (χ0) is 29.1. The number of methoxy groups -OCH3 is 2. The first-order valence-electron chi connectivity index (χ1n) is 14.0. The van der Waals surface area contributed by atoms with Gasteiger partial charge in [-0.25, -0.2) is 4.98 Å². The van der Waals surface area contributed by atoms with Gasteiger partial charge < -0.3 is 20.1 Å². The number of hydrogen-bond donors (Lipinski definition) is 2. The lowest BCUT2D eigenvalue weighted by molar-refractivity contribution is 0.0928. The van der Waals surface area contributed by atoms with Crippen LogP contribution >= 0.6 is 0 Å². The molecule has 1 heterocycles. The van der Waals surface area contributed by atoms with Crippen LogP contribution in [0.4, 0.5) is 0 Å². The van der Waals surface area contributed by atoms with Crippen LogP contribution in [0.5, 0.6) is 11.5 Å². The van der Waals surface area contributed by atoms with Crippen LogP contribution in [0, 0.1) is 0 Å². The van der Waals surface area contributed by atoms with Crippen LogP contribution in [0.3, 0.4) is 0 Å². The number of pyridine rings is 1. The van der Waals surface area contributed by atoms with Gasteiger partial charge in [-0.05, 0) is 76.7 Å². The van der Waals surface area contributed by atoms with Gasteiger partial charge in [0, 0.05) is 24.0 Å². The van der Waals surface area contributed by atoms with Crippen LogP contribution in [0.25, 0.3) is 33.3 Å². The molecule has 0 saturated heterocycles. The first kappa shape index (κ1) is 27.0. The molecule has 5 aromatic rings. The van der Waals surface area contributed by atoms with E-state index in [9.17, 15) is 9.59 Å². The lowest BCUT2D eigenvalue weighted by Gasteiger charge is -2.13. The van der Waals surface area contributed by atoms with Crippen molar-refractivity contribution in [1.29, 1.82) is 0 Å². The molecule has 7 heteroatoms. The number of rotatable bonds is 8. The minimum absolute atomic E-state index is 0.169. The topological polar surface area (TPSA) is 89.5 Å². The second-order valence-corrected chi connectivity index (χ2v) is 10.2. The van der Waals surface area contributed by atoms with E-state index in [4.69, 9.17) is 14.5 Å².